The number of ether oxygens (including phenoxy) is 2. The Labute approximate surface area is 176 Å². The quantitative estimate of drug-likeness (QED) is 0.528. The molecule has 2 aromatic carbocycles. The first-order chi connectivity index (χ1) is 13.9. The van der Waals surface area contributed by atoms with Gasteiger partial charge in [-0.3, -0.25) is 9.59 Å². The number of furan rings is 1. The largest absolute Gasteiger partial charge is 0.495 e. The van der Waals surface area contributed by atoms with E-state index in [0.29, 0.717) is 28.6 Å². The summed E-state index contributed by atoms with van der Waals surface area (Å²) in [7, 11) is 1.49. The Hall–Kier alpha value is -3.26. The summed E-state index contributed by atoms with van der Waals surface area (Å²) in [5.41, 5.74) is 0.949. The normalized spacial score (nSPS) is 10.3. The third kappa shape index (κ3) is 5.61. The standard InChI is InChI=1S/C21H19BrN2O5/c1-13(25)23-15-5-9-19(27-2)18(11-15)24-21(26)20-10-8-17(29-20)12-28-16-6-3-14(22)4-7-16/h3-11H,12H2,1-2H3,(H,23,25)(H,24,26). The van der Waals surface area contributed by atoms with Crippen molar-refractivity contribution in [3.8, 4) is 11.5 Å². The van der Waals surface area contributed by atoms with Crippen molar-refractivity contribution < 1.29 is 23.5 Å². The molecule has 0 atom stereocenters. The molecule has 0 saturated heterocycles. The molecule has 0 radical (unpaired) electrons. The summed E-state index contributed by atoms with van der Waals surface area (Å²) in [6.07, 6.45) is 0. The van der Waals surface area contributed by atoms with Gasteiger partial charge in [0.05, 0.1) is 12.8 Å². The Balaban J connectivity index is 1.66. The summed E-state index contributed by atoms with van der Waals surface area (Å²) in [6.45, 7) is 1.60. The fourth-order valence-corrected chi connectivity index (χ4v) is 2.80. The van der Waals surface area contributed by atoms with E-state index in [0.717, 1.165) is 4.47 Å². The number of amides is 2. The second kappa shape index (κ2) is 9.29. The molecule has 0 aliphatic heterocycles. The van der Waals surface area contributed by atoms with Crippen molar-refractivity contribution >= 4 is 39.1 Å². The molecule has 7 nitrogen and oxygen atoms in total. The number of rotatable bonds is 7. The van der Waals surface area contributed by atoms with Crippen molar-refractivity contribution in [3.05, 3.63) is 70.6 Å². The van der Waals surface area contributed by atoms with Crippen LogP contribution in [0.5, 0.6) is 11.5 Å². The van der Waals surface area contributed by atoms with Gasteiger partial charge in [-0.25, -0.2) is 0 Å². The maximum atomic E-state index is 12.5. The summed E-state index contributed by atoms with van der Waals surface area (Å²) in [5, 5.41) is 5.39. The highest BCUT2D eigenvalue weighted by atomic mass is 79.9. The van der Waals surface area contributed by atoms with Gasteiger partial charge in [0, 0.05) is 17.1 Å². The molecule has 1 heterocycles. The van der Waals surface area contributed by atoms with Gasteiger partial charge in [-0.15, -0.1) is 0 Å². The van der Waals surface area contributed by atoms with Crippen LogP contribution >= 0.6 is 15.9 Å². The Morgan fingerprint density at radius 3 is 2.48 bits per heavy atom. The number of hydrogen-bond donors (Lipinski definition) is 2. The SMILES string of the molecule is COc1ccc(NC(C)=O)cc1NC(=O)c1ccc(COc2ccc(Br)cc2)o1. The van der Waals surface area contributed by atoms with Gasteiger partial charge < -0.3 is 24.5 Å². The molecule has 0 aliphatic carbocycles. The molecule has 2 amide bonds. The molecular weight excluding hydrogens is 440 g/mol. The summed E-state index contributed by atoms with van der Waals surface area (Å²) in [6, 6.07) is 15.6. The van der Waals surface area contributed by atoms with Gasteiger partial charge in [-0.1, -0.05) is 15.9 Å². The molecule has 0 saturated carbocycles. The van der Waals surface area contributed by atoms with Crippen LogP contribution in [0.2, 0.25) is 0 Å². The van der Waals surface area contributed by atoms with E-state index in [4.69, 9.17) is 13.9 Å². The predicted molar refractivity (Wildman–Crippen MR) is 112 cm³/mol. The number of benzene rings is 2. The zero-order valence-electron chi connectivity index (χ0n) is 15.8. The lowest BCUT2D eigenvalue weighted by Crippen LogP contribution is -2.13. The summed E-state index contributed by atoms with van der Waals surface area (Å²) >= 11 is 3.37. The summed E-state index contributed by atoms with van der Waals surface area (Å²) in [5.74, 6) is 1.13. The number of anilines is 2. The highest BCUT2D eigenvalue weighted by molar-refractivity contribution is 9.10. The lowest BCUT2D eigenvalue weighted by Gasteiger charge is -2.11. The molecule has 0 unspecified atom stereocenters. The highest BCUT2D eigenvalue weighted by Crippen LogP contribution is 2.28. The van der Waals surface area contributed by atoms with E-state index in [2.05, 4.69) is 26.6 Å². The third-order valence-electron chi connectivity index (χ3n) is 3.85. The third-order valence-corrected chi connectivity index (χ3v) is 4.38. The van der Waals surface area contributed by atoms with Crippen LogP contribution in [0.25, 0.3) is 0 Å². The molecule has 29 heavy (non-hydrogen) atoms. The van der Waals surface area contributed by atoms with Crippen molar-refractivity contribution in [2.24, 2.45) is 0 Å². The highest BCUT2D eigenvalue weighted by Gasteiger charge is 2.15. The van der Waals surface area contributed by atoms with E-state index >= 15 is 0 Å². The minimum Gasteiger partial charge on any atom is -0.495 e. The van der Waals surface area contributed by atoms with Crippen LogP contribution < -0.4 is 20.1 Å². The number of methoxy groups -OCH3 is 1. The Bertz CT molecular complexity index is 1010. The van der Waals surface area contributed by atoms with Crippen molar-refractivity contribution in [3.63, 3.8) is 0 Å². The average molecular weight is 459 g/mol. The zero-order valence-corrected chi connectivity index (χ0v) is 17.4. The number of halogens is 1. The van der Waals surface area contributed by atoms with E-state index in [1.807, 2.05) is 24.3 Å². The van der Waals surface area contributed by atoms with Crippen LogP contribution in [0.15, 0.2) is 63.5 Å². The van der Waals surface area contributed by atoms with Crippen molar-refractivity contribution in [2.45, 2.75) is 13.5 Å². The second-order valence-corrected chi connectivity index (χ2v) is 6.97. The maximum Gasteiger partial charge on any atom is 0.291 e. The number of hydrogen-bond acceptors (Lipinski definition) is 5. The molecule has 0 spiro atoms. The van der Waals surface area contributed by atoms with Crippen LogP contribution in [0.4, 0.5) is 11.4 Å². The fourth-order valence-electron chi connectivity index (χ4n) is 2.53. The summed E-state index contributed by atoms with van der Waals surface area (Å²) < 4.78 is 17.4. The number of nitrogens with one attached hydrogen (secondary N) is 2. The molecule has 1 aromatic heterocycles. The molecule has 0 fully saturated rings. The van der Waals surface area contributed by atoms with E-state index in [9.17, 15) is 9.59 Å². The van der Waals surface area contributed by atoms with Crippen molar-refractivity contribution in [2.75, 3.05) is 17.7 Å². The second-order valence-electron chi connectivity index (χ2n) is 6.06. The number of carbonyl (C=O) groups is 2. The van der Waals surface area contributed by atoms with Crippen molar-refractivity contribution in [1.82, 2.24) is 0 Å². The van der Waals surface area contributed by atoms with Gasteiger partial charge >= 0.3 is 0 Å². The molecule has 2 N–H and O–H groups in total. The van der Waals surface area contributed by atoms with Gasteiger partial charge in [-0.2, -0.15) is 0 Å². The molecular formula is C21H19BrN2O5. The van der Waals surface area contributed by atoms with Gasteiger partial charge in [0.25, 0.3) is 5.91 Å². The first-order valence-corrected chi connectivity index (χ1v) is 9.48. The molecule has 8 heteroatoms. The molecule has 3 aromatic rings. The first-order valence-electron chi connectivity index (χ1n) is 8.68. The van der Waals surface area contributed by atoms with Gasteiger partial charge in [0.1, 0.15) is 23.9 Å². The van der Waals surface area contributed by atoms with Crippen LogP contribution in [-0.4, -0.2) is 18.9 Å². The maximum absolute atomic E-state index is 12.5. The van der Waals surface area contributed by atoms with Gasteiger partial charge in [-0.05, 0) is 54.6 Å². The van der Waals surface area contributed by atoms with Crippen LogP contribution in [0, 0.1) is 0 Å². The minimum atomic E-state index is -0.446. The Morgan fingerprint density at radius 1 is 1.03 bits per heavy atom. The average Bonchev–Trinajstić information content (AvgIpc) is 3.16. The number of carbonyl (C=O) groups excluding carboxylic acids is 2. The molecule has 0 aliphatic rings. The lowest BCUT2D eigenvalue weighted by molar-refractivity contribution is -0.114. The van der Waals surface area contributed by atoms with Gasteiger partial charge in [0.15, 0.2) is 5.76 Å². The molecule has 0 bridgehead atoms. The minimum absolute atomic E-state index is 0.131. The van der Waals surface area contributed by atoms with E-state index < -0.39 is 5.91 Å². The molecule has 3 rings (SSSR count). The Kier molecular flexibility index (Phi) is 6.56. The Morgan fingerprint density at radius 2 is 1.79 bits per heavy atom. The van der Waals surface area contributed by atoms with Crippen molar-refractivity contribution in [1.29, 1.82) is 0 Å². The molecule has 150 valence electrons. The lowest BCUT2D eigenvalue weighted by atomic mass is 10.2. The van der Waals surface area contributed by atoms with E-state index in [-0.39, 0.29) is 18.3 Å². The van der Waals surface area contributed by atoms with E-state index in [1.165, 1.54) is 14.0 Å². The summed E-state index contributed by atoms with van der Waals surface area (Å²) in [4.78, 5) is 23.8. The first kappa shape index (κ1) is 20.5. The van der Waals surface area contributed by atoms with Gasteiger partial charge in [0.2, 0.25) is 5.91 Å². The van der Waals surface area contributed by atoms with Crippen LogP contribution in [0.3, 0.4) is 0 Å². The predicted octanol–water partition coefficient (Wildman–Crippen LogP) is 4.84. The topological polar surface area (TPSA) is 89.8 Å². The monoisotopic (exact) mass is 458 g/mol. The zero-order chi connectivity index (χ0) is 20.8. The van der Waals surface area contributed by atoms with Crippen LogP contribution in [-0.2, 0) is 11.4 Å². The van der Waals surface area contributed by atoms with Crippen LogP contribution in [0.1, 0.15) is 23.2 Å². The fraction of sp³-hybridized carbons (Fsp3) is 0.143. The van der Waals surface area contributed by atoms with E-state index in [1.54, 1.807) is 30.3 Å². The smallest absolute Gasteiger partial charge is 0.291 e.